The van der Waals surface area contributed by atoms with Crippen molar-refractivity contribution in [3.05, 3.63) is 59.2 Å². The van der Waals surface area contributed by atoms with E-state index in [1.54, 1.807) is 0 Å². The van der Waals surface area contributed by atoms with E-state index in [0.717, 1.165) is 5.56 Å². The maximum absolute atomic E-state index is 12.2. The van der Waals surface area contributed by atoms with E-state index in [2.05, 4.69) is 26.1 Å². The third-order valence-corrected chi connectivity index (χ3v) is 3.47. The Bertz CT molecular complexity index is 652. The van der Waals surface area contributed by atoms with Gasteiger partial charge in [0.25, 0.3) is 5.91 Å². The SMILES string of the molecule is Cc1ccc(NC(=O)c2ccc(C(C)(C)C)cc2)c(N)c1. The molecule has 3 nitrogen and oxygen atoms in total. The molecule has 0 aromatic heterocycles. The van der Waals surface area contributed by atoms with Gasteiger partial charge in [-0.2, -0.15) is 0 Å². The summed E-state index contributed by atoms with van der Waals surface area (Å²) in [5.74, 6) is -0.147. The number of benzene rings is 2. The Balaban J connectivity index is 2.17. The second kappa shape index (κ2) is 5.60. The Kier molecular flexibility index (Phi) is 4.03. The van der Waals surface area contributed by atoms with Crippen LogP contribution in [0.3, 0.4) is 0 Å². The van der Waals surface area contributed by atoms with E-state index in [-0.39, 0.29) is 11.3 Å². The molecule has 2 aromatic rings. The number of rotatable bonds is 2. The van der Waals surface area contributed by atoms with E-state index in [0.29, 0.717) is 16.9 Å². The second-order valence-electron chi connectivity index (χ2n) is 6.37. The summed E-state index contributed by atoms with van der Waals surface area (Å²) in [6, 6.07) is 13.3. The highest BCUT2D eigenvalue weighted by Gasteiger charge is 2.14. The summed E-state index contributed by atoms with van der Waals surface area (Å²) in [6.45, 7) is 8.41. The summed E-state index contributed by atoms with van der Waals surface area (Å²) in [5, 5.41) is 2.85. The first-order valence-electron chi connectivity index (χ1n) is 7.05. The number of carbonyl (C=O) groups excluding carboxylic acids is 1. The lowest BCUT2D eigenvalue weighted by Crippen LogP contribution is -2.15. The van der Waals surface area contributed by atoms with Crippen molar-refractivity contribution < 1.29 is 4.79 Å². The summed E-state index contributed by atoms with van der Waals surface area (Å²) in [7, 11) is 0. The highest BCUT2D eigenvalue weighted by molar-refractivity contribution is 6.05. The molecule has 1 amide bonds. The van der Waals surface area contributed by atoms with Gasteiger partial charge in [0.1, 0.15) is 0 Å². The Morgan fingerprint density at radius 1 is 1.05 bits per heavy atom. The van der Waals surface area contributed by atoms with Gasteiger partial charge in [-0.05, 0) is 47.7 Å². The van der Waals surface area contributed by atoms with Gasteiger partial charge < -0.3 is 11.1 Å². The van der Waals surface area contributed by atoms with Gasteiger partial charge in [-0.3, -0.25) is 4.79 Å². The topological polar surface area (TPSA) is 55.1 Å². The molecule has 0 aliphatic heterocycles. The predicted molar refractivity (Wildman–Crippen MR) is 88.7 cm³/mol. The summed E-state index contributed by atoms with van der Waals surface area (Å²) in [6.07, 6.45) is 0. The molecule has 3 N–H and O–H groups in total. The summed E-state index contributed by atoms with van der Waals surface area (Å²) in [5.41, 5.74) is 10.1. The predicted octanol–water partition coefficient (Wildman–Crippen LogP) is 4.13. The van der Waals surface area contributed by atoms with Crippen LogP contribution < -0.4 is 11.1 Å². The van der Waals surface area contributed by atoms with Crippen LogP contribution in [0.25, 0.3) is 0 Å². The molecule has 0 saturated carbocycles. The van der Waals surface area contributed by atoms with Gasteiger partial charge in [0.2, 0.25) is 0 Å². The number of nitrogen functional groups attached to an aromatic ring is 1. The number of nitrogens with one attached hydrogen (secondary N) is 1. The Morgan fingerprint density at radius 2 is 1.67 bits per heavy atom. The van der Waals surface area contributed by atoms with Crippen molar-refractivity contribution in [3.63, 3.8) is 0 Å². The number of nitrogens with two attached hydrogens (primary N) is 1. The van der Waals surface area contributed by atoms with Crippen LogP contribution in [0.5, 0.6) is 0 Å². The second-order valence-corrected chi connectivity index (χ2v) is 6.37. The van der Waals surface area contributed by atoms with Gasteiger partial charge in [0, 0.05) is 5.56 Å². The highest BCUT2D eigenvalue weighted by atomic mass is 16.1. The molecule has 21 heavy (non-hydrogen) atoms. The number of carbonyl (C=O) groups is 1. The van der Waals surface area contributed by atoms with Crippen molar-refractivity contribution in [2.75, 3.05) is 11.1 Å². The fraction of sp³-hybridized carbons (Fsp3) is 0.278. The number of anilines is 2. The van der Waals surface area contributed by atoms with E-state index in [9.17, 15) is 4.79 Å². The third-order valence-electron chi connectivity index (χ3n) is 3.47. The highest BCUT2D eigenvalue weighted by Crippen LogP contribution is 2.23. The molecule has 2 aromatic carbocycles. The summed E-state index contributed by atoms with van der Waals surface area (Å²) >= 11 is 0. The fourth-order valence-electron chi connectivity index (χ4n) is 2.11. The monoisotopic (exact) mass is 282 g/mol. The van der Waals surface area contributed by atoms with Crippen molar-refractivity contribution in [2.24, 2.45) is 0 Å². The maximum Gasteiger partial charge on any atom is 0.255 e. The minimum atomic E-state index is -0.147. The molecular weight excluding hydrogens is 260 g/mol. The quantitative estimate of drug-likeness (QED) is 0.814. The van der Waals surface area contributed by atoms with Crippen LogP contribution in [0.2, 0.25) is 0 Å². The lowest BCUT2D eigenvalue weighted by atomic mass is 9.87. The minimum absolute atomic E-state index is 0.0798. The molecule has 0 unspecified atom stereocenters. The molecule has 110 valence electrons. The van der Waals surface area contributed by atoms with Crippen LogP contribution in [0.1, 0.15) is 42.3 Å². The Morgan fingerprint density at radius 3 is 2.19 bits per heavy atom. The van der Waals surface area contributed by atoms with Gasteiger partial charge in [0.05, 0.1) is 11.4 Å². The molecule has 0 atom stereocenters. The zero-order chi connectivity index (χ0) is 15.6. The van der Waals surface area contributed by atoms with E-state index in [4.69, 9.17) is 5.73 Å². The largest absolute Gasteiger partial charge is 0.397 e. The van der Waals surface area contributed by atoms with Crippen molar-refractivity contribution in [3.8, 4) is 0 Å². The number of hydrogen-bond donors (Lipinski definition) is 2. The van der Waals surface area contributed by atoms with Gasteiger partial charge in [0.15, 0.2) is 0 Å². The Hall–Kier alpha value is -2.29. The van der Waals surface area contributed by atoms with E-state index < -0.39 is 0 Å². The van der Waals surface area contributed by atoms with Gasteiger partial charge in [-0.25, -0.2) is 0 Å². The molecule has 0 heterocycles. The molecule has 0 spiro atoms. The van der Waals surface area contributed by atoms with Crippen molar-refractivity contribution >= 4 is 17.3 Å². The van der Waals surface area contributed by atoms with Crippen LogP contribution in [-0.4, -0.2) is 5.91 Å². The number of amides is 1. The molecule has 2 rings (SSSR count). The van der Waals surface area contributed by atoms with Crippen LogP contribution in [0, 0.1) is 6.92 Å². The number of aryl methyl sites for hydroxylation is 1. The average molecular weight is 282 g/mol. The van der Waals surface area contributed by atoms with Crippen LogP contribution >= 0.6 is 0 Å². The lowest BCUT2D eigenvalue weighted by Gasteiger charge is -2.19. The van der Waals surface area contributed by atoms with Crippen molar-refractivity contribution in [1.29, 1.82) is 0 Å². The van der Waals surface area contributed by atoms with E-state index in [1.807, 2.05) is 49.4 Å². The molecular formula is C18H22N2O. The van der Waals surface area contributed by atoms with Crippen molar-refractivity contribution in [1.82, 2.24) is 0 Å². The minimum Gasteiger partial charge on any atom is -0.397 e. The van der Waals surface area contributed by atoms with Crippen LogP contribution in [0.15, 0.2) is 42.5 Å². The summed E-state index contributed by atoms with van der Waals surface area (Å²) < 4.78 is 0. The molecule has 0 bridgehead atoms. The smallest absolute Gasteiger partial charge is 0.255 e. The van der Waals surface area contributed by atoms with E-state index >= 15 is 0 Å². The first kappa shape index (κ1) is 15.1. The maximum atomic E-state index is 12.2. The molecule has 0 radical (unpaired) electrons. The lowest BCUT2D eigenvalue weighted by molar-refractivity contribution is 0.102. The first-order chi connectivity index (χ1) is 9.77. The van der Waals surface area contributed by atoms with Crippen LogP contribution in [0.4, 0.5) is 11.4 Å². The van der Waals surface area contributed by atoms with Crippen molar-refractivity contribution in [2.45, 2.75) is 33.1 Å². The fourth-order valence-corrected chi connectivity index (χ4v) is 2.11. The standard InChI is InChI=1S/C18H22N2O/c1-12-5-10-16(15(19)11-12)20-17(21)13-6-8-14(9-7-13)18(2,3)4/h5-11H,19H2,1-4H3,(H,20,21). The average Bonchev–Trinajstić information content (AvgIpc) is 2.41. The first-order valence-corrected chi connectivity index (χ1v) is 7.05. The molecule has 0 fully saturated rings. The Labute approximate surface area is 126 Å². The third kappa shape index (κ3) is 3.63. The van der Waals surface area contributed by atoms with Gasteiger partial charge >= 0.3 is 0 Å². The normalized spacial score (nSPS) is 11.2. The van der Waals surface area contributed by atoms with Gasteiger partial charge in [-0.15, -0.1) is 0 Å². The van der Waals surface area contributed by atoms with Crippen LogP contribution in [-0.2, 0) is 5.41 Å². The van der Waals surface area contributed by atoms with Gasteiger partial charge in [-0.1, -0.05) is 39.0 Å². The zero-order valence-corrected chi connectivity index (χ0v) is 13.0. The zero-order valence-electron chi connectivity index (χ0n) is 13.0. The molecule has 0 aliphatic rings. The number of hydrogen-bond acceptors (Lipinski definition) is 2. The molecule has 0 aliphatic carbocycles. The molecule has 0 saturated heterocycles. The summed E-state index contributed by atoms with van der Waals surface area (Å²) in [4.78, 5) is 12.2. The van der Waals surface area contributed by atoms with E-state index in [1.165, 1.54) is 5.56 Å². The molecule has 3 heteroatoms.